The molecule has 20 heavy (non-hydrogen) atoms. The third-order valence-electron chi connectivity index (χ3n) is 3.04. The highest BCUT2D eigenvalue weighted by Gasteiger charge is 2.36. The Labute approximate surface area is 120 Å². The number of carboxylic acid groups (broad SMARTS) is 1. The number of aromatic carboxylic acids is 1. The van der Waals surface area contributed by atoms with Crippen molar-refractivity contribution >= 4 is 27.3 Å². The lowest BCUT2D eigenvalue weighted by atomic mass is 10.2. The Morgan fingerprint density at radius 1 is 1.60 bits per heavy atom. The highest BCUT2D eigenvalue weighted by atomic mass is 32.2. The van der Waals surface area contributed by atoms with E-state index in [2.05, 4.69) is 0 Å². The van der Waals surface area contributed by atoms with Crippen LogP contribution in [0.15, 0.2) is 15.7 Å². The van der Waals surface area contributed by atoms with Gasteiger partial charge in [-0.05, 0) is 13.0 Å². The van der Waals surface area contributed by atoms with Crippen molar-refractivity contribution in [2.24, 2.45) is 0 Å². The molecule has 1 aliphatic heterocycles. The lowest BCUT2D eigenvalue weighted by Crippen LogP contribution is -2.51. The maximum atomic E-state index is 12.5. The van der Waals surface area contributed by atoms with Crippen molar-refractivity contribution in [1.29, 1.82) is 0 Å². The molecule has 2 heterocycles. The molecule has 0 bridgehead atoms. The molecular formula is C11H15NO6S2. The van der Waals surface area contributed by atoms with Crippen molar-refractivity contribution in [3.63, 3.8) is 0 Å². The minimum absolute atomic E-state index is 0.0136. The van der Waals surface area contributed by atoms with Gasteiger partial charge >= 0.3 is 5.97 Å². The van der Waals surface area contributed by atoms with Crippen LogP contribution in [-0.4, -0.2) is 60.8 Å². The van der Waals surface area contributed by atoms with E-state index >= 15 is 0 Å². The van der Waals surface area contributed by atoms with Crippen LogP contribution in [0, 0.1) is 0 Å². The van der Waals surface area contributed by atoms with Gasteiger partial charge in [-0.1, -0.05) is 0 Å². The van der Waals surface area contributed by atoms with Crippen molar-refractivity contribution in [3.8, 4) is 0 Å². The molecule has 0 amide bonds. The van der Waals surface area contributed by atoms with Gasteiger partial charge in [-0.2, -0.15) is 4.31 Å². The van der Waals surface area contributed by atoms with E-state index in [1.807, 2.05) is 0 Å². The van der Waals surface area contributed by atoms with Gasteiger partial charge in [0.15, 0.2) is 0 Å². The average molecular weight is 321 g/mol. The van der Waals surface area contributed by atoms with Gasteiger partial charge < -0.3 is 14.9 Å². The van der Waals surface area contributed by atoms with Crippen LogP contribution in [0.25, 0.3) is 0 Å². The summed E-state index contributed by atoms with van der Waals surface area (Å²) in [4.78, 5) is 10.8. The number of carbonyl (C=O) groups is 1. The molecule has 0 spiro atoms. The molecule has 9 heteroatoms. The summed E-state index contributed by atoms with van der Waals surface area (Å²) in [5.41, 5.74) is -0.0480. The van der Waals surface area contributed by atoms with Gasteiger partial charge in [0.25, 0.3) is 10.0 Å². The summed E-state index contributed by atoms with van der Waals surface area (Å²) in [5, 5.41) is 19.2. The first-order valence-corrected chi connectivity index (χ1v) is 8.24. The summed E-state index contributed by atoms with van der Waals surface area (Å²) < 4.78 is 31.5. The first-order valence-electron chi connectivity index (χ1n) is 5.92. The van der Waals surface area contributed by atoms with Crippen molar-refractivity contribution in [3.05, 3.63) is 17.0 Å². The molecule has 1 aliphatic rings. The first kappa shape index (κ1) is 15.4. The number of hydrogen-bond acceptors (Lipinski definition) is 6. The summed E-state index contributed by atoms with van der Waals surface area (Å²) in [5.74, 6) is -1.16. The van der Waals surface area contributed by atoms with E-state index in [1.165, 1.54) is 9.69 Å². The van der Waals surface area contributed by atoms with Crippen LogP contribution in [0.4, 0.5) is 0 Å². The third-order valence-corrected chi connectivity index (χ3v) is 6.43. The maximum absolute atomic E-state index is 12.5. The molecule has 2 rings (SSSR count). The highest BCUT2D eigenvalue weighted by Crippen LogP contribution is 2.27. The van der Waals surface area contributed by atoms with Crippen molar-refractivity contribution in [1.82, 2.24) is 4.31 Å². The fourth-order valence-corrected chi connectivity index (χ4v) is 4.85. The number of rotatable bonds is 4. The van der Waals surface area contributed by atoms with Crippen LogP contribution in [0.3, 0.4) is 0 Å². The first-order chi connectivity index (χ1) is 9.36. The zero-order valence-corrected chi connectivity index (χ0v) is 12.4. The van der Waals surface area contributed by atoms with Gasteiger partial charge in [0, 0.05) is 18.0 Å². The molecule has 0 aromatic carbocycles. The van der Waals surface area contributed by atoms with E-state index in [0.29, 0.717) is 0 Å². The number of hydrogen-bond donors (Lipinski definition) is 2. The average Bonchev–Trinajstić information content (AvgIpc) is 2.89. The molecular weight excluding hydrogens is 306 g/mol. The Bertz CT molecular complexity index is 596. The number of carboxylic acids is 1. The fraction of sp³-hybridized carbons (Fsp3) is 0.545. The van der Waals surface area contributed by atoms with Gasteiger partial charge in [-0.25, -0.2) is 13.2 Å². The molecule has 112 valence electrons. The quantitative estimate of drug-likeness (QED) is 0.822. The van der Waals surface area contributed by atoms with Gasteiger partial charge in [-0.15, -0.1) is 11.3 Å². The Morgan fingerprint density at radius 2 is 2.30 bits per heavy atom. The summed E-state index contributed by atoms with van der Waals surface area (Å²) in [7, 11) is -3.77. The van der Waals surface area contributed by atoms with E-state index in [0.717, 1.165) is 17.4 Å². The monoisotopic (exact) mass is 321 g/mol. The largest absolute Gasteiger partial charge is 0.478 e. The number of aliphatic hydroxyl groups is 1. The normalized spacial score (nSPS) is 24.7. The molecule has 0 radical (unpaired) electrons. The number of nitrogens with zero attached hydrogens (tertiary/aromatic N) is 1. The second kappa shape index (κ2) is 5.78. The van der Waals surface area contributed by atoms with E-state index in [9.17, 15) is 13.2 Å². The zero-order valence-electron chi connectivity index (χ0n) is 10.7. The Hall–Kier alpha value is -1.00. The standard InChI is InChI=1S/C11H15NO6S2/c1-7-5-18-9(4-13)3-12(7)20(16,17)10-2-8(6-19-10)11(14)15/h2,6-7,9,13H,3-5H2,1H3,(H,14,15). The van der Waals surface area contributed by atoms with Crippen LogP contribution in [0.5, 0.6) is 0 Å². The van der Waals surface area contributed by atoms with Crippen molar-refractivity contribution < 1.29 is 28.2 Å². The number of thiophene rings is 1. The number of ether oxygens (including phenoxy) is 1. The topological polar surface area (TPSA) is 104 Å². The van der Waals surface area contributed by atoms with Gasteiger partial charge in [-0.3, -0.25) is 0 Å². The molecule has 7 nitrogen and oxygen atoms in total. The predicted octanol–water partition coefficient (Wildman–Crippen LogP) is 0.217. The molecule has 1 aromatic rings. The molecule has 2 unspecified atom stereocenters. The van der Waals surface area contributed by atoms with Crippen LogP contribution in [-0.2, 0) is 14.8 Å². The summed E-state index contributed by atoms with van der Waals surface area (Å²) in [6.07, 6.45) is -0.556. The summed E-state index contributed by atoms with van der Waals surface area (Å²) >= 11 is 0.876. The summed E-state index contributed by atoms with van der Waals surface area (Å²) in [6, 6.07) is 0.788. The third kappa shape index (κ3) is 2.86. The molecule has 1 saturated heterocycles. The highest BCUT2D eigenvalue weighted by molar-refractivity contribution is 7.91. The lowest BCUT2D eigenvalue weighted by Gasteiger charge is -2.35. The van der Waals surface area contributed by atoms with Crippen LogP contribution < -0.4 is 0 Å². The smallest absolute Gasteiger partial charge is 0.336 e. The van der Waals surface area contributed by atoms with E-state index < -0.39 is 22.1 Å². The van der Waals surface area contributed by atoms with Crippen LogP contribution >= 0.6 is 11.3 Å². The lowest BCUT2D eigenvalue weighted by molar-refractivity contribution is -0.0515. The Kier molecular flexibility index (Phi) is 4.45. The fourth-order valence-electron chi connectivity index (χ4n) is 1.92. The Morgan fingerprint density at radius 3 is 2.85 bits per heavy atom. The zero-order chi connectivity index (χ0) is 14.9. The van der Waals surface area contributed by atoms with Gasteiger partial charge in [0.05, 0.1) is 24.9 Å². The molecule has 0 aliphatic carbocycles. The van der Waals surface area contributed by atoms with Crippen molar-refractivity contribution in [2.45, 2.75) is 23.3 Å². The Balaban J connectivity index is 2.30. The molecule has 1 aromatic heterocycles. The van der Waals surface area contributed by atoms with E-state index in [4.69, 9.17) is 14.9 Å². The molecule has 2 atom stereocenters. The van der Waals surface area contributed by atoms with E-state index in [1.54, 1.807) is 6.92 Å². The predicted molar refractivity (Wildman–Crippen MR) is 71.5 cm³/mol. The molecule has 1 fully saturated rings. The van der Waals surface area contributed by atoms with Crippen LogP contribution in [0.1, 0.15) is 17.3 Å². The molecule has 2 N–H and O–H groups in total. The molecule has 0 saturated carbocycles. The SMILES string of the molecule is CC1COC(CO)CN1S(=O)(=O)c1cc(C(=O)O)cs1. The minimum Gasteiger partial charge on any atom is -0.478 e. The number of sulfonamides is 1. The van der Waals surface area contributed by atoms with Gasteiger partial charge in [0.2, 0.25) is 0 Å². The number of morpholine rings is 1. The van der Waals surface area contributed by atoms with Crippen LogP contribution in [0.2, 0.25) is 0 Å². The van der Waals surface area contributed by atoms with E-state index in [-0.39, 0.29) is 35.6 Å². The maximum Gasteiger partial charge on any atom is 0.336 e. The minimum atomic E-state index is -3.77. The van der Waals surface area contributed by atoms with Crippen molar-refractivity contribution in [2.75, 3.05) is 19.8 Å². The van der Waals surface area contributed by atoms with Gasteiger partial charge in [0.1, 0.15) is 4.21 Å². The summed E-state index contributed by atoms with van der Waals surface area (Å²) in [6.45, 7) is 1.70. The number of aliphatic hydroxyl groups excluding tert-OH is 1. The second-order valence-corrected chi connectivity index (χ2v) is 7.55. The second-order valence-electron chi connectivity index (χ2n) is 4.52.